The van der Waals surface area contributed by atoms with Crippen LogP contribution in [0.1, 0.15) is 31.4 Å². The Bertz CT molecular complexity index is 467. The molecule has 0 aliphatic carbocycles. The lowest BCUT2D eigenvalue weighted by Crippen LogP contribution is -2.37. The minimum Gasteiger partial charge on any atom is -0.466 e. The smallest absolute Gasteiger partial charge is 0.309 e. The molecule has 1 aliphatic heterocycles. The zero-order valence-electron chi connectivity index (χ0n) is 13.4. The molecule has 1 atom stereocenters. The number of aliphatic hydroxyl groups is 1. The van der Waals surface area contributed by atoms with E-state index in [0.29, 0.717) is 13.2 Å². The third-order valence-corrected chi connectivity index (χ3v) is 4.16. The van der Waals surface area contributed by atoms with E-state index in [1.165, 1.54) is 0 Å². The zero-order valence-corrected chi connectivity index (χ0v) is 13.4. The van der Waals surface area contributed by atoms with Crippen molar-refractivity contribution in [3.05, 3.63) is 29.8 Å². The maximum atomic E-state index is 11.7. The fourth-order valence-corrected chi connectivity index (χ4v) is 2.85. The van der Waals surface area contributed by atoms with Gasteiger partial charge in [0.2, 0.25) is 0 Å². The third kappa shape index (κ3) is 4.21. The average Bonchev–Trinajstić information content (AvgIpc) is 2.55. The molecule has 1 fully saturated rings. The molecule has 5 heteroatoms. The first-order valence-corrected chi connectivity index (χ1v) is 8.00. The molecule has 0 aromatic heterocycles. The van der Waals surface area contributed by atoms with Gasteiger partial charge in [-0.2, -0.15) is 0 Å². The van der Waals surface area contributed by atoms with E-state index in [9.17, 15) is 9.90 Å². The highest BCUT2D eigenvalue weighted by Crippen LogP contribution is 2.25. The second-order valence-corrected chi connectivity index (χ2v) is 5.68. The second kappa shape index (κ2) is 8.15. The van der Waals surface area contributed by atoms with Crippen LogP contribution >= 0.6 is 0 Å². The summed E-state index contributed by atoms with van der Waals surface area (Å²) in [7, 11) is 1.82. The number of rotatable bonds is 6. The van der Waals surface area contributed by atoms with E-state index in [1.54, 1.807) is 0 Å². The molecule has 2 rings (SSSR count). The van der Waals surface area contributed by atoms with Gasteiger partial charge in [0.1, 0.15) is 0 Å². The van der Waals surface area contributed by atoms with Crippen molar-refractivity contribution in [3.63, 3.8) is 0 Å². The van der Waals surface area contributed by atoms with Gasteiger partial charge in [0.25, 0.3) is 0 Å². The van der Waals surface area contributed by atoms with Crippen LogP contribution in [-0.4, -0.2) is 44.4 Å². The number of ether oxygens (including phenoxy) is 1. The maximum absolute atomic E-state index is 11.7. The molecular formula is C17H26N2O3. The lowest BCUT2D eigenvalue weighted by atomic mass is 9.96. The minimum atomic E-state index is -0.478. The van der Waals surface area contributed by atoms with Crippen molar-refractivity contribution >= 4 is 11.7 Å². The van der Waals surface area contributed by atoms with Crippen LogP contribution in [0.4, 0.5) is 5.69 Å². The van der Waals surface area contributed by atoms with Gasteiger partial charge in [-0.05, 0) is 44.5 Å². The number of carbonyl (C=O) groups is 1. The number of likely N-dealkylation sites (N-methyl/N-ethyl adjacent to an activating group) is 1. The summed E-state index contributed by atoms with van der Waals surface area (Å²) < 4.78 is 5.10. The van der Waals surface area contributed by atoms with Crippen molar-refractivity contribution in [3.8, 4) is 0 Å². The lowest BCUT2D eigenvalue weighted by molar-refractivity contribution is -0.148. The van der Waals surface area contributed by atoms with Crippen molar-refractivity contribution < 1.29 is 14.6 Å². The second-order valence-electron chi connectivity index (χ2n) is 5.68. The van der Waals surface area contributed by atoms with Gasteiger partial charge < -0.3 is 20.1 Å². The molecule has 1 aromatic rings. The molecule has 5 nitrogen and oxygen atoms in total. The summed E-state index contributed by atoms with van der Waals surface area (Å²) in [5, 5.41) is 12.9. The van der Waals surface area contributed by atoms with Crippen molar-refractivity contribution in [1.29, 1.82) is 0 Å². The Balaban J connectivity index is 1.90. The molecular weight excluding hydrogens is 280 g/mol. The highest BCUT2D eigenvalue weighted by molar-refractivity contribution is 5.72. The maximum Gasteiger partial charge on any atom is 0.309 e. The van der Waals surface area contributed by atoms with Crippen molar-refractivity contribution in [2.24, 2.45) is 5.92 Å². The first kappa shape index (κ1) is 16.8. The Morgan fingerprint density at radius 2 is 2.00 bits per heavy atom. The molecule has 0 spiro atoms. The molecule has 122 valence electrons. The molecule has 0 radical (unpaired) electrons. The fourth-order valence-electron chi connectivity index (χ4n) is 2.85. The van der Waals surface area contributed by atoms with Crippen LogP contribution in [0.3, 0.4) is 0 Å². The Morgan fingerprint density at radius 1 is 1.36 bits per heavy atom. The quantitative estimate of drug-likeness (QED) is 0.784. The standard InChI is InChI=1S/C17H26N2O3/c1-3-22-17(21)14-8-10-19(11-9-14)15-6-4-13(5-7-15)16(20)12-18-2/h4-7,14,16,18,20H,3,8-12H2,1-2H3. The first-order valence-electron chi connectivity index (χ1n) is 8.00. The molecule has 0 saturated carbocycles. The van der Waals surface area contributed by atoms with Crippen LogP contribution in [0.2, 0.25) is 0 Å². The number of hydrogen-bond donors (Lipinski definition) is 2. The van der Waals surface area contributed by atoms with Crippen molar-refractivity contribution in [1.82, 2.24) is 5.32 Å². The molecule has 0 amide bonds. The van der Waals surface area contributed by atoms with E-state index in [4.69, 9.17) is 4.74 Å². The predicted molar refractivity (Wildman–Crippen MR) is 86.9 cm³/mol. The molecule has 2 N–H and O–H groups in total. The molecule has 22 heavy (non-hydrogen) atoms. The summed E-state index contributed by atoms with van der Waals surface area (Å²) in [5.74, 6) is -0.0272. The summed E-state index contributed by atoms with van der Waals surface area (Å²) in [6.07, 6.45) is 1.19. The largest absolute Gasteiger partial charge is 0.466 e. The molecule has 1 heterocycles. The van der Waals surface area contributed by atoms with Crippen LogP contribution in [0.5, 0.6) is 0 Å². The number of nitrogens with zero attached hydrogens (tertiary/aromatic N) is 1. The summed E-state index contributed by atoms with van der Waals surface area (Å²) in [6.45, 7) is 4.57. The van der Waals surface area contributed by atoms with Crippen LogP contribution in [0, 0.1) is 5.92 Å². The number of aliphatic hydroxyl groups excluding tert-OH is 1. The Labute approximate surface area is 132 Å². The van der Waals surface area contributed by atoms with Gasteiger partial charge in [-0.1, -0.05) is 12.1 Å². The number of hydrogen-bond acceptors (Lipinski definition) is 5. The van der Waals surface area contributed by atoms with E-state index in [-0.39, 0.29) is 11.9 Å². The Morgan fingerprint density at radius 3 is 2.55 bits per heavy atom. The summed E-state index contributed by atoms with van der Waals surface area (Å²) in [6, 6.07) is 8.02. The van der Waals surface area contributed by atoms with Gasteiger partial charge in [-0.25, -0.2) is 0 Å². The molecule has 1 saturated heterocycles. The Kier molecular flexibility index (Phi) is 6.21. The van der Waals surface area contributed by atoms with Gasteiger partial charge in [0.15, 0.2) is 0 Å². The number of anilines is 1. The monoisotopic (exact) mass is 306 g/mol. The van der Waals surface area contributed by atoms with Gasteiger partial charge in [0, 0.05) is 25.3 Å². The number of carbonyl (C=O) groups excluding carboxylic acids is 1. The van der Waals surface area contributed by atoms with E-state index in [0.717, 1.165) is 37.2 Å². The fraction of sp³-hybridized carbons (Fsp3) is 0.588. The zero-order chi connectivity index (χ0) is 15.9. The average molecular weight is 306 g/mol. The van der Waals surface area contributed by atoms with E-state index >= 15 is 0 Å². The summed E-state index contributed by atoms with van der Waals surface area (Å²) in [4.78, 5) is 14.0. The van der Waals surface area contributed by atoms with Gasteiger partial charge >= 0.3 is 5.97 Å². The Hall–Kier alpha value is -1.59. The molecule has 1 aliphatic rings. The highest BCUT2D eigenvalue weighted by Gasteiger charge is 2.26. The highest BCUT2D eigenvalue weighted by atomic mass is 16.5. The normalized spacial score (nSPS) is 17.3. The first-order chi connectivity index (χ1) is 10.7. The molecule has 1 aromatic carbocycles. The number of benzene rings is 1. The van der Waals surface area contributed by atoms with Crippen LogP contribution in [0.25, 0.3) is 0 Å². The van der Waals surface area contributed by atoms with E-state index < -0.39 is 6.10 Å². The lowest BCUT2D eigenvalue weighted by Gasteiger charge is -2.32. The molecule has 1 unspecified atom stereocenters. The van der Waals surface area contributed by atoms with Gasteiger partial charge in [-0.3, -0.25) is 4.79 Å². The third-order valence-electron chi connectivity index (χ3n) is 4.16. The topological polar surface area (TPSA) is 61.8 Å². The minimum absolute atomic E-state index is 0.0351. The van der Waals surface area contributed by atoms with E-state index in [2.05, 4.69) is 10.2 Å². The summed E-state index contributed by atoms with van der Waals surface area (Å²) in [5.41, 5.74) is 2.06. The predicted octanol–water partition coefficient (Wildman–Crippen LogP) is 1.72. The van der Waals surface area contributed by atoms with Crippen molar-refractivity contribution in [2.75, 3.05) is 38.2 Å². The van der Waals surface area contributed by atoms with Crippen LogP contribution in [-0.2, 0) is 9.53 Å². The number of piperidine rings is 1. The number of nitrogens with one attached hydrogen (secondary N) is 1. The van der Waals surface area contributed by atoms with Gasteiger partial charge in [0.05, 0.1) is 18.6 Å². The number of esters is 1. The SMILES string of the molecule is CCOC(=O)C1CCN(c2ccc(C(O)CNC)cc2)CC1. The van der Waals surface area contributed by atoms with Crippen LogP contribution in [0.15, 0.2) is 24.3 Å². The van der Waals surface area contributed by atoms with Crippen LogP contribution < -0.4 is 10.2 Å². The van der Waals surface area contributed by atoms with Gasteiger partial charge in [-0.15, -0.1) is 0 Å². The molecule has 0 bridgehead atoms. The van der Waals surface area contributed by atoms with Crippen molar-refractivity contribution in [2.45, 2.75) is 25.9 Å². The summed E-state index contributed by atoms with van der Waals surface area (Å²) >= 11 is 0. The van der Waals surface area contributed by atoms with E-state index in [1.807, 2.05) is 38.2 Å².